The predicted molar refractivity (Wildman–Crippen MR) is 76.2 cm³/mol. The van der Waals surface area contributed by atoms with Crippen molar-refractivity contribution in [3.8, 4) is 0 Å². The van der Waals surface area contributed by atoms with E-state index in [1.165, 1.54) is 10.4 Å². The Labute approximate surface area is 113 Å². The predicted octanol–water partition coefficient (Wildman–Crippen LogP) is 2.57. The zero-order chi connectivity index (χ0) is 13.1. The van der Waals surface area contributed by atoms with E-state index in [1.807, 2.05) is 4.90 Å². The van der Waals surface area contributed by atoms with E-state index in [2.05, 4.69) is 19.9 Å². The van der Waals surface area contributed by atoms with Crippen LogP contribution >= 0.6 is 11.3 Å². The Morgan fingerprint density at radius 1 is 1.61 bits per heavy atom. The Hall–Kier alpha value is -0.870. The number of aryl methyl sites for hydroxylation is 2. The summed E-state index contributed by atoms with van der Waals surface area (Å²) in [7, 11) is 0. The van der Waals surface area contributed by atoms with Gasteiger partial charge in [0.25, 0.3) is 5.91 Å². The summed E-state index contributed by atoms with van der Waals surface area (Å²) in [5, 5.41) is 0. The molecule has 0 spiro atoms. The number of carbonyl (C=O) groups is 1. The van der Waals surface area contributed by atoms with Crippen LogP contribution in [0.5, 0.6) is 0 Å². The van der Waals surface area contributed by atoms with Gasteiger partial charge in [-0.15, -0.1) is 11.3 Å². The molecule has 0 bridgehead atoms. The van der Waals surface area contributed by atoms with Crippen LogP contribution in [0.3, 0.4) is 0 Å². The standard InChI is InChI=1S/C14H22N2OS/c1-3-5-11-8-13(18-10(11)2)14(17)16-7-4-6-12(15)9-16/h8,12H,3-7,9,15H2,1-2H3/t12-/m0/s1. The number of likely N-dealkylation sites (tertiary alicyclic amines) is 1. The van der Waals surface area contributed by atoms with Crippen molar-refractivity contribution in [3.63, 3.8) is 0 Å². The van der Waals surface area contributed by atoms with Gasteiger partial charge in [0, 0.05) is 24.0 Å². The molecule has 2 rings (SSSR count). The molecule has 2 N–H and O–H groups in total. The van der Waals surface area contributed by atoms with Gasteiger partial charge in [-0.1, -0.05) is 13.3 Å². The second-order valence-electron chi connectivity index (χ2n) is 5.10. The number of hydrogen-bond donors (Lipinski definition) is 1. The Morgan fingerprint density at radius 2 is 2.39 bits per heavy atom. The van der Waals surface area contributed by atoms with Crippen molar-refractivity contribution in [1.29, 1.82) is 0 Å². The molecule has 1 aliphatic heterocycles. The SMILES string of the molecule is CCCc1cc(C(=O)N2CCC[C@H](N)C2)sc1C. The fraction of sp³-hybridized carbons (Fsp3) is 0.643. The summed E-state index contributed by atoms with van der Waals surface area (Å²) < 4.78 is 0. The lowest BCUT2D eigenvalue weighted by atomic mass is 10.1. The van der Waals surface area contributed by atoms with Crippen molar-refractivity contribution in [2.75, 3.05) is 13.1 Å². The third kappa shape index (κ3) is 2.93. The number of carbonyl (C=O) groups excluding carboxylic acids is 1. The molecule has 1 fully saturated rings. The summed E-state index contributed by atoms with van der Waals surface area (Å²) in [6.07, 6.45) is 4.25. The van der Waals surface area contributed by atoms with E-state index in [-0.39, 0.29) is 11.9 Å². The lowest BCUT2D eigenvalue weighted by molar-refractivity contribution is 0.0713. The van der Waals surface area contributed by atoms with Gasteiger partial charge in [-0.3, -0.25) is 4.79 Å². The quantitative estimate of drug-likeness (QED) is 0.914. The van der Waals surface area contributed by atoms with Crippen molar-refractivity contribution < 1.29 is 4.79 Å². The number of rotatable bonds is 3. The lowest BCUT2D eigenvalue weighted by Crippen LogP contribution is -2.45. The lowest BCUT2D eigenvalue weighted by Gasteiger charge is -2.30. The van der Waals surface area contributed by atoms with Crippen molar-refractivity contribution in [2.24, 2.45) is 5.73 Å². The second kappa shape index (κ2) is 5.85. The number of hydrogen-bond acceptors (Lipinski definition) is 3. The monoisotopic (exact) mass is 266 g/mol. The van der Waals surface area contributed by atoms with E-state index in [1.54, 1.807) is 11.3 Å². The maximum atomic E-state index is 12.4. The normalized spacial score (nSPS) is 20.2. The highest BCUT2D eigenvalue weighted by Gasteiger charge is 2.23. The number of amides is 1. The van der Waals surface area contributed by atoms with Gasteiger partial charge < -0.3 is 10.6 Å². The van der Waals surface area contributed by atoms with Gasteiger partial charge in [0.1, 0.15) is 0 Å². The molecule has 0 aromatic carbocycles. The molecule has 1 atom stereocenters. The van der Waals surface area contributed by atoms with E-state index in [4.69, 9.17) is 5.73 Å². The van der Waals surface area contributed by atoms with Gasteiger partial charge in [0.2, 0.25) is 0 Å². The maximum Gasteiger partial charge on any atom is 0.263 e. The third-order valence-corrected chi connectivity index (χ3v) is 4.58. The molecule has 1 amide bonds. The van der Waals surface area contributed by atoms with Gasteiger partial charge >= 0.3 is 0 Å². The minimum absolute atomic E-state index is 0.152. The molecule has 1 aromatic heterocycles. The Balaban J connectivity index is 2.10. The van der Waals surface area contributed by atoms with Crippen LogP contribution in [0.4, 0.5) is 0 Å². The first kappa shape index (κ1) is 13.6. The summed E-state index contributed by atoms with van der Waals surface area (Å²) >= 11 is 1.63. The fourth-order valence-corrected chi connectivity index (χ4v) is 3.53. The smallest absolute Gasteiger partial charge is 0.263 e. The van der Waals surface area contributed by atoms with Crippen molar-refractivity contribution in [3.05, 3.63) is 21.4 Å². The minimum atomic E-state index is 0.152. The molecule has 0 aliphatic carbocycles. The van der Waals surface area contributed by atoms with Gasteiger partial charge in [-0.25, -0.2) is 0 Å². The molecule has 1 aromatic rings. The first-order valence-electron chi connectivity index (χ1n) is 6.76. The van der Waals surface area contributed by atoms with Gasteiger partial charge in [-0.05, 0) is 37.8 Å². The van der Waals surface area contributed by atoms with Crippen molar-refractivity contribution in [2.45, 2.75) is 45.6 Å². The van der Waals surface area contributed by atoms with E-state index in [9.17, 15) is 4.79 Å². The van der Waals surface area contributed by atoms with Crippen molar-refractivity contribution >= 4 is 17.2 Å². The van der Waals surface area contributed by atoms with Gasteiger partial charge in [0.05, 0.1) is 4.88 Å². The molecule has 0 radical (unpaired) electrons. The number of nitrogens with zero attached hydrogens (tertiary/aromatic N) is 1. The Bertz CT molecular complexity index is 427. The Kier molecular flexibility index (Phi) is 4.40. The summed E-state index contributed by atoms with van der Waals surface area (Å²) in [4.78, 5) is 16.5. The summed E-state index contributed by atoms with van der Waals surface area (Å²) in [6, 6.07) is 2.23. The molecule has 1 saturated heterocycles. The average Bonchev–Trinajstić information content (AvgIpc) is 2.71. The van der Waals surface area contributed by atoms with Crippen LogP contribution in [-0.2, 0) is 6.42 Å². The Morgan fingerprint density at radius 3 is 3.06 bits per heavy atom. The first-order valence-corrected chi connectivity index (χ1v) is 7.57. The molecule has 0 unspecified atom stereocenters. The number of piperidine rings is 1. The minimum Gasteiger partial charge on any atom is -0.336 e. The highest BCUT2D eigenvalue weighted by Crippen LogP contribution is 2.25. The van der Waals surface area contributed by atoms with Crippen LogP contribution in [0.15, 0.2) is 6.07 Å². The van der Waals surface area contributed by atoms with Gasteiger partial charge in [0.15, 0.2) is 0 Å². The van der Waals surface area contributed by atoms with E-state index >= 15 is 0 Å². The third-order valence-electron chi connectivity index (χ3n) is 3.50. The molecule has 0 saturated carbocycles. The molecular weight excluding hydrogens is 244 g/mol. The fourth-order valence-electron chi connectivity index (χ4n) is 2.49. The van der Waals surface area contributed by atoms with Crippen LogP contribution in [0.25, 0.3) is 0 Å². The van der Waals surface area contributed by atoms with Crippen LogP contribution in [0.1, 0.15) is 46.3 Å². The molecule has 100 valence electrons. The summed E-state index contributed by atoms with van der Waals surface area (Å²) in [5.74, 6) is 0.167. The van der Waals surface area contributed by atoms with Crippen molar-refractivity contribution in [1.82, 2.24) is 4.90 Å². The highest BCUT2D eigenvalue weighted by atomic mass is 32.1. The zero-order valence-electron chi connectivity index (χ0n) is 11.2. The molecule has 4 heteroatoms. The maximum absolute atomic E-state index is 12.4. The molecule has 3 nitrogen and oxygen atoms in total. The molecule has 1 aliphatic rings. The van der Waals surface area contributed by atoms with Crippen LogP contribution < -0.4 is 5.73 Å². The summed E-state index contributed by atoms with van der Waals surface area (Å²) in [5.41, 5.74) is 7.26. The largest absolute Gasteiger partial charge is 0.336 e. The zero-order valence-corrected chi connectivity index (χ0v) is 12.1. The average molecular weight is 266 g/mol. The van der Waals surface area contributed by atoms with Crippen LogP contribution in [-0.4, -0.2) is 29.9 Å². The molecule has 18 heavy (non-hydrogen) atoms. The number of nitrogens with two attached hydrogens (primary N) is 1. The number of thiophene rings is 1. The first-order chi connectivity index (χ1) is 8.61. The summed E-state index contributed by atoms with van der Waals surface area (Å²) in [6.45, 7) is 5.84. The van der Waals surface area contributed by atoms with E-state index < -0.39 is 0 Å². The van der Waals surface area contributed by atoms with Gasteiger partial charge in [-0.2, -0.15) is 0 Å². The van der Waals surface area contributed by atoms with Crippen LogP contribution in [0, 0.1) is 6.92 Å². The topological polar surface area (TPSA) is 46.3 Å². The van der Waals surface area contributed by atoms with E-state index in [0.29, 0.717) is 6.54 Å². The molecule has 2 heterocycles. The van der Waals surface area contributed by atoms with E-state index in [0.717, 1.165) is 37.1 Å². The van der Waals surface area contributed by atoms with Crippen LogP contribution in [0.2, 0.25) is 0 Å². The second-order valence-corrected chi connectivity index (χ2v) is 6.35. The highest BCUT2D eigenvalue weighted by molar-refractivity contribution is 7.14. The molecular formula is C14H22N2OS.